The van der Waals surface area contributed by atoms with E-state index >= 15 is 0 Å². The van der Waals surface area contributed by atoms with Gasteiger partial charge in [0.1, 0.15) is 12.2 Å². The molecule has 0 saturated carbocycles. The van der Waals surface area contributed by atoms with E-state index in [1.165, 1.54) is 21.3 Å². The fraction of sp³-hybridized carbons (Fsp3) is 0.350. The molecule has 0 radical (unpaired) electrons. The third kappa shape index (κ3) is 7.95. The molecule has 0 atom stereocenters. The van der Waals surface area contributed by atoms with Gasteiger partial charge in [0, 0.05) is 11.6 Å². The van der Waals surface area contributed by atoms with E-state index in [4.69, 9.17) is 13.9 Å². The average Bonchev–Trinajstić information content (AvgIpc) is 2.61. The highest BCUT2D eigenvalue weighted by atomic mass is 28.4. The first-order valence-electron chi connectivity index (χ1n) is 8.14. The van der Waals surface area contributed by atoms with Gasteiger partial charge < -0.3 is 18.6 Å². The third-order valence-corrected chi connectivity index (χ3v) is 3.89. The van der Waals surface area contributed by atoms with E-state index < -0.39 is 14.3 Å². The fourth-order valence-electron chi connectivity index (χ4n) is 1.91. The number of benzene rings is 1. The molecule has 1 aromatic carbocycles. The summed E-state index contributed by atoms with van der Waals surface area (Å²) in [5.41, 5.74) is 0.877. The number of hydrogen-bond donors (Lipinski definition) is 0. The summed E-state index contributed by atoms with van der Waals surface area (Å²) in [4.78, 5) is 11.6. The molecule has 0 N–H and O–H groups in total. The first kappa shape index (κ1) is 21.4. The van der Waals surface area contributed by atoms with Crippen LogP contribution in [0.25, 0.3) is 0 Å². The molecule has 0 heterocycles. The van der Waals surface area contributed by atoms with Crippen molar-refractivity contribution in [2.45, 2.75) is 26.1 Å². The molecular weight excluding hydrogens is 348 g/mol. The summed E-state index contributed by atoms with van der Waals surface area (Å²) >= 11 is 0. The van der Waals surface area contributed by atoms with Crippen LogP contribution in [0.2, 0.25) is 19.6 Å². The van der Waals surface area contributed by atoms with Gasteiger partial charge in [-0.15, -0.1) is 0 Å². The highest BCUT2D eigenvalue weighted by Crippen LogP contribution is 2.18. The Morgan fingerprint density at radius 2 is 1.69 bits per heavy atom. The van der Waals surface area contributed by atoms with Crippen LogP contribution in [0.4, 0.5) is 0 Å². The smallest absolute Gasteiger partial charge is 0.313 e. The van der Waals surface area contributed by atoms with Crippen LogP contribution in [-0.2, 0) is 23.4 Å². The third-order valence-electron chi connectivity index (χ3n) is 3.06. The van der Waals surface area contributed by atoms with Crippen molar-refractivity contribution in [3.63, 3.8) is 0 Å². The van der Waals surface area contributed by atoms with Gasteiger partial charge in [-0.1, -0.05) is 24.1 Å². The van der Waals surface area contributed by atoms with Gasteiger partial charge >= 0.3 is 5.97 Å². The molecule has 0 spiro atoms. The number of methoxy groups -OCH3 is 3. The zero-order valence-corrected chi connectivity index (χ0v) is 17.2. The molecule has 1 rings (SSSR count). The first-order valence-corrected chi connectivity index (χ1v) is 11.6. The second-order valence-electron chi connectivity index (χ2n) is 6.29. The molecule has 0 amide bonds. The normalized spacial score (nSPS) is 12.3. The monoisotopic (exact) mass is 374 g/mol. The van der Waals surface area contributed by atoms with Gasteiger partial charge in [0.25, 0.3) is 0 Å². The maximum atomic E-state index is 11.6. The summed E-state index contributed by atoms with van der Waals surface area (Å²) in [6, 6.07) is 9.62. The fourth-order valence-corrected chi connectivity index (χ4v) is 2.68. The average molecular weight is 375 g/mol. The van der Waals surface area contributed by atoms with Gasteiger partial charge in [-0.25, -0.2) is 0 Å². The summed E-state index contributed by atoms with van der Waals surface area (Å²) in [6.45, 7) is 6.19. The lowest BCUT2D eigenvalue weighted by Gasteiger charge is -2.19. The quantitative estimate of drug-likeness (QED) is 0.239. The maximum absolute atomic E-state index is 11.6. The lowest BCUT2D eigenvalue weighted by molar-refractivity contribution is -0.140. The Morgan fingerprint density at radius 3 is 2.19 bits per heavy atom. The Labute approximate surface area is 156 Å². The van der Waals surface area contributed by atoms with Crippen molar-refractivity contribution < 1.29 is 23.4 Å². The molecule has 0 aliphatic rings. The minimum Gasteiger partial charge on any atom is -0.538 e. The van der Waals surface area contributed by atoms with Gasteiger partial charge in [0.2, 0.25) is 8.32 Å². The number of carbonyl (C=O) groups is 1. The minimum atomic E-state index is -1.90. The Morgan fingerprint density at radius 1 is 1.04 bits per heavy atom. The summed E-state index contributed by atoms with van der Waals surface area (Å²) in [7, 11) is 2.39. The standard InChI is InChI=1S/C20H26O5Si/c1-22-18(19(23-2)15-20(21)24-3)14-17(25-26(4,5)6)13-12-16-10-8-7-9-11-16/h7-11,14H,15H2,1-6H3/b17-14+,19-18-. The Bertz CT molecular complexity index is 718. The number of allylic oxidation sites excluding steroid dienone is 2. The van der Waals surface area contributed by atoms with E-state index in [2.05, 4.69) is 36.2 Å². The molecule has 0 bridgehead atoms. The van der Waals surface area contributed by atoms with Crippen LogP contribution in [0.15, 0.2) is 53.7 Å². The predicted molar refractivity (Wildman–Crippen MR) is 104 cm³/mol. The molecule has 0 aliphatic heterocycles. The van der Waals surface area contributed by atoms with Crippen LogP contribution in [0.3, 0.4) is 0 Å². The van der Waals surface area contributed by atoms with Crippen molar-refractivity contribution in [2.24, 2.45) is 0 Å². The minimum absolute atomic E-state index is 0.0426. The highest BCUT2D eigenvalue weighted by molar-refractivity contribution is 6.70. The molecule has 1 aromatic rings. The van der Waals surface area contributed by atoms with E-state index in [-0.39, 0.29) is 6.42 Å². The Balaban J connectivity index is 3.29. The lowest BCUT2D eigenvalue weighted by Crippen LogP contribution is -2.24. The SMILES string of the molecule is COC(=O)C/C(OC)=C(\C=C(/C#Cc1ccccc1)O[Si](C)(C)C)OC. The summed E-state index contributed by atoms with van der Waals surface area (Å²) in [5.74, 6) is 6.87. The molecule has 0 aromatic heterocycles. The number of rotatable bonds is 7. The molecule has 26 heavy (non-hydrogen) atoms. The lowest BCUT2D eigenvalue weighted by atomic mass is 10.2. The number of esters is 1. The molecule has 5 nitrogen and oxygen atoms in total. The van der Waals surface area contributed by atoms with Crippen molar-refractivity contribution in [1.29, 1.82) is 0 Å². The van der Waals surface area contributed by atoms with Crippen LogP contribution >= 0.6 is 0 Å². The van der Waals surface area contributed by atoms with Gasteiger partial charge in [0.15, 0.2) is 11.5 Å². The highest BCUT2D eigenvalue weighted by Gasteiger charge is 2.19. The molecule has 0 saturated heterocycles. The summed E-state index contributed by atoms with van der Waals surface area (Å²) < 4.78 is 21.4. The van der Waals surface area contributed by atoms with Gasteiger partial charge in [-0.3, -0.25) is 4.79 Å². The van der Waals surface area contributed by atoms with E-state index in [1.807, 2.05) is 30.3 Å². The first-order chi connectivity index (χ1) is 12.3. The van der Waals surface area contributed by atoms with Crippen molar-refractivity contribution in [3.05, 3.63) is 59.2 Å². The number of hydrogen-bond acceptors (Lipinski definition) is 5. The van der Waals surface area contributed by atoms with E-state index in [1.54, 1.807) is 6.08 Å². The summed E-state index contributed by atoms with van der Waals surface area (Å²) in [5, 5.41) is 0. The van der Waals surface area contributed by atoms with E-state index in [9.17, 15) is 4.79 Å². The van der Waals surface area contributed by atoms with Crippen LogP contribution in [0.1, 0.15) is 12.0 Å². The molecule has 6 heteroatoms. The summed E-state index contributed by atoms with van der Waals surface area (Å²) in [6.07, 6.45) is 1.61. The maximum Gasteiger partial charge on any atom is 0.313 e. The second kappa shape index (κ2) is 10.4. The molecule has 0 unspecified atom stereocenters. The molecular formula is C20H26O5Si. The zero-order valence-electron chi connectivity index (χ0n) is 16.2. The van der Waals surface area contributed by atoms with Crippen molar-refractivity contribution >= 4 is 14.3 Å². The number of ether oxygens (including phenoxy) is 3. The zero-order chi connectivity index (χ0) is 19.6. The van der Waals surface area contributed by atoms with Crippen LogP contribution < -0.4 is 0 Å². The molecule has 0 fully saturated rings. The van der Waals surface area contributed by atoms with Crippen LogP contribution in [0, 0.1) is 11.8 Å². The van der Waals surface area contributed by atoms with E-state index in [0.717, 1.165) is 5.56 Å². The van der Waals surface area contributed by atoms with Gasteiger partial charge in [0.05, 0.1) is 21.3 Å². The Kier molecular flexibility index (Phi) is 8.53. The van der Waals surface area contributed by atoms with Gasteiger partial charge in [-0.2, -0.15) is 0 Å². The largest absolute Gasteiger partial charge is 0.538 e. The second-order valence-corrected chi connectivity index (χ2v) is 10.7. The predicted octanol–water partition coefficient (Wildman–Crippen LogP) is 3.84. The van der Waals surface area contributed by atoms with Crippen LogP contribution in [0.5, 0.6) is 0 Å². The van der Waals surface area contributed by atoms with Crippen molar-refractivity contribution in [1.82, 2.24) is 0 Å². The Hall–Kier alpha value is -2.65. The van der Waals surface area contributed by atoms with Crippen molar-refractivity contribution in [2.75, 3.05) is 21.3 Å². The topological polar surface area (TPSA) is 54.0 Å². The number of carbonyl (C=O) groups excluding carboxylic acids is 1. The van der Waals surface area contributed by atoms with Crippen molar-refractivity contribution in [3.8, 4) is 11.8 Å². The molecule has 0 aliphatic carbocycles. The van der Waals surface area contributed by atoms with Crippen LogP contribution in [-0.4, -0.2) is 35.6 Å². The van der Waals surface area contributed by atoms with E-state index in [0.29, 0.717) is 17.3 Å². The van der Waals surface area contributed by atoms with Gasteiger partial charge in [-0.05, 0) is 37.7 Å². The molecule has 140 valence electrons.